The molecule has 150 valence electrons. The first kappa shape index (κ1) is 19.9. The van der Waals surface area contributed by atoms with Crippen LogP contribution >= 0.6 is 0 Å². The van der Waals surface area contributed by atoms with E-state index in [0.29, 0.717) is 6.42 Å². The number of aromatic nitrogens is 2. The van der Waals surface area contributed by atoms with Crippen molar-refractivity contribution in [2.45, 2.75) is 45.2 Å². The summed E-state index contributed by atoms with van der Waals surface area (Å²) in [4.78, 5) is 22.2. The maximum absolute atomic E-state index is 13.4. The van der Waals surface area contributed by atoms with Crippen LogP contribution in [0.4, 0.5) is 21.6 Å². The predicted molar refractivity (Wildman–Crippen MR) is 109 cm³/mol. The number of nitrogens with one attached hydrogen (secondary N) is 2. The molecule has 1 aliphatic heterocycles. The molecule has 1 fully saturated rings. The van der Waals surface area contributed by atoms with Gasteiger partial charge in [-0.1, -0.05) is 6.92 Å². The van der Waals surface area contributed by atoms with Crippen molar-refractivity contribution in [3.63, 3.8) is 0 Å². The molecule has 1 amide bonds. The van der Waals surface area contributed by atoms with Crippen LogP contribution in [0.2, 0.25) is 0 Å². The van der Waals surface area contributed by atoms with E-state index in [1.54, 1.807) is 18.5 Å². The Balaban J connectivity index is 1.64. The first-order chi connectivity index (χ1) is 13.4. The van der Waals surface area contributed by atoms with Crippen LogP contribution in [0.15, 0.2) is 30.6 Å². The van der Waals surface area contributed by atoms with E-state index in [1.807, 2.05) is 6.07 Å². The van der Waals surface area contributed by atoms with Gasteiger partial charge in [0.25, 0.3) is 0 Å². The first-order valence-electron chi connectivity index (χ1n) is 9.59. The van der Waals surface area contributed by atoms with Gasteiger partial charge >= 0.3 is 0 Å². The smallest absolute Gasteiger partial charge is 0.217 e. The van der Waals surface area contributed by atoms with Gasteiger partial charge in [-0.25, -0.2) is 14.4 Å². The van der Waals surface area contributed by atoms with E-state index >= 15 is 0 Å². The average Bonchev–Trinajstić information content (AvgIpc) is 3.12. The van der Waals surface area contributed by atoms with Crippen molar-refractivity contribution in [1.29, 1.82) is 0 Å². The molecule has 4 N–H and O–H groups in total. The molecule has 8 heteroatoms. The zero-order valence-corrected chi connectivity index (χ0v) is 16.3. The van der Waals surface area contributed by atoms with Gasteiger partial charge < -0.3 is 21.3 Å². The summed E-state index contributed by atoms with van der Waals surface area (Å²) in [5.74, 6) is 0.453. The zero-order valence-electron chi connectivity index (χ0n) is 16.3. The fourth-order valence-corrected chi connectivity index (χ4v) is 3.46. The number of benzene rings is 1. The summed E-state index contributed by atoms with van der Waals surface area (Å²) in [6.07, 6.45) is 4.08. The van der Waals surface area contributed by atoms with E-state index in [-0.39, 0.29) is 23.7 Å². The molecule has 2 aromatic rings. The first-order valence-corrected chi connectivity index (χ1v) is 9.59. The fraction of sp³-hybridized carbons (Fsp3) is 0.450. The number of hydrogen-bond acceptors (Lipinski definition) is 6. The molecule has 1 aliphatic rings. The van der Waals surface area contributed by atoms with Crippen LogP contribution in [0, 0.1) is 5.82 Å². The Bertz CT molecular complexity index is 830. The SMILES string of the molecule is CCC(Cc1cc(N2CCC(NC(C)=O)C2)ncn1)Nc1ccc(F)c(N)c1. The van der Waals surface area contributed by atoms with Gasteiger partial charge in [0.05, 0.1) is 5.69 Å². The summed E-state index contributed by atoms with van der Waals surface area (Å²) in [6.45, 7) is 5.23. The average molecular weight is 386 g/mol. The predicted octanol–water partition coefficient (Wildman–Crippen LogP) is 2.35. The molecule has 1 aromatic heterocycles. The van der Waals surface area contributed by atoms with Crippen LogP contribution in [0.1, 0.15) is 32.4 Å². The van der Waals surface area contributed by atoms with E-state index in [9.17, 15) is 9.18 Å². The lowest BCUT2D eigenvalue weighted by Crippen LogP contribution is -2.35. The number of hydrogen-bond donors (Lipinski definition) is 3. The van der Waals surface area contributed by atoms with Crippen molar-refractivity contribution in [1.82, 2.24) is 15.3 Å². The zero-order chi connectivity index (χ0) is 20.1. The third kappa shape index (κ3) is 5.09. The standard InChI is InChI=1S/C20H27FN6O/c1-3-14(26-15-4-5-18(21)19(22)9-15)8-17-10-20(24-12-23-17)27-7-6-16(11-27)25-13(2)28/h4-5,9-10,12,14,16,26H,3,6-8,11,22H2,1-2H3,(H,25,28). The number of carbonyl (C=O) groups is 1. The Morgan fingerprint density at radius 2 is 2.21 bits per heavy atom. The van der Waals surface area contributed by atoms with Gasteiger partial charge in [0.1, 0.15) is 18.0 Å². The van der Waals surface area contributed by atoms with Crippen LogP contribution in [-0.2, 0) is 11.2 Å². The molecule has 0 spiro atoms. The molecule has 0 saturated carbocycles. The molecule has 0 aliphatic carbocycles. The topological polar surface area (TPSA) is 96.2 Å². The van der Waals surface area contributed by atoms with E-state index < -0.39 is 5.82 Å². The van der Waals surface area contributed by atoms with E-state index in [4.69, 9.17) is 5.73 Å². The van der Waals surface area contributed by atoms with Crippen molar-refractivity contribution >= 4 is 23.1 Å². The number of anilines is 3. The van der Waals surface area contributed by atoms with Crippen molar-refractivity contribution in [3.05, 3.63) is 42.1 Å². The number of halogens is 1. The normalized spacial score (nSPS) is 17.4. The van der Waals surface area contributed by atoms with Crippen molar-refractivity contribution in [3.8, 4) is 0 Å². The summed E-state index contributed by atoms with van der Waals surface area (Å²) in [5.41, 5.74) is 7.51. The molecular formula is C20H27FN6O. The fourth-order valence-electron chi connectivity index (χ4n) is 3.46. The Kier molecular flexibility index (Phi) is 6.28. The number of nitrogens with zero attached hydrogens (tertiary/aromatic N) is 3. The highest BCUT2D eigenvalue weighted by molar-refractivity contribution is 5.73. The van der Waals surface area contributed by atoms with Crippen molar-refractivity contribution in [2.24, 2.45) is 0 Å². The summed E-state index contributed by atoms with van der Waals surface area (Å²) in [7, 11) is 0. The number of nitrogens with two attached hydrogens (primary N) is 1. The van der Waals surface area contributed by atoms with Gasteiger partial charge in [-0.15, -0.1) is 0 Å². The molecule has 1 aromatic carbocycles. The summed E-state index contributed by atoms with van der Waals surface area (Å²) in [5, 5.41) is 6.36. The minimum absolute atomic E-state index is 0.00600. The van der Waals surface area contributed by atoms with Gasteiger partial charge in [0.15, 0.2) is 0 Å². The van der Waals surface area contributed by atoms with E-state index in [0.717, 1.165) is 43.1 Å². The third-order valence-corrected chi connectivity index (χ3v) is 4.94. The number of carbonyl (C=O) groups excluding carboxylic acids is 1. The minimum atomic E-state index is -0.415. The Morgan fingerprint density at radius 3 is 2.93 bits per heavy atom. The number of amides is 1. The van der Waals surface area contributed by atoms with E-state index in [2.05, 4.69) is 32.4 Å². The minimum Gasteiger partial charge on any atom is -0.396 e. The molecule has 0 radical (unpaired) electrons. The summed E-state index contributed by atoms with van der Waals surface area (Å²) >= 11 is 0. The Hall–Kier alpha value is -2.90. The monoisotopic (exact) mass is 386 g/mol. The van der Waals surface area contributed by atoms with Crippen LogP contribution in [-0.4, -0.2) is 41.0 Å². The quantitative estimate of drug-likeness (QED) is 0.632. The highest BCUT2D eigenvalue weighted by Gasteiger charge is 2.24. The van der Waals surface area contributed by atoms with Crippen molar-refractivity contribution in [2.75, 3.05) is 29.0 Å². The number of nitrogen functional groups attached to an aromatic ring is 1. The lowest BCUT2D eigenvalue weighted by Gasteiger charge is -2.20. The maximum Gasteiger partial charge on any atom is 0.217 e. The van der Waals surface area contributed by atoms with Gasteiger partial charge in [0, 0.05) is 56.0 Å². The van der Waals surface area contributed by atoms with Gasteiger partial charge in [-0.2, -0.15) is 0 Å². The summed E-state index contributed by atoms with van der Waals surface area (Å²) < 4.78 is 13.4. The van der Waals surface area contributed by atoms with Gasteiger partial charge in [-0.3, -0.25) is 4.79 Å². The van der Waals surface area contributed by atoms with Gasteiger partial charge in [-0.05, 0) is 31.0 Å². The molecule has 3 rings (SSSR count). The molecule has 2 heterocycles. The second-order valence-corrected chi connectivity index (χ2v) is 7.19. The lowest BCUT2D eigenvalue weighted by molar-refractivity contribution is -0.119. The maximum atomic E-state index is 13.4. The Labute approximate surface area is 164 Å². The molecule has 2 unspecified atom stereocenters. The molecule has 0 bridgehead atoms. The molecule has 7 nitrogen and oxygen atoms in total. The second-order valence-electron chi connectivity index (χ2n) is 7.19. The number of rotatable bonds is 7. The van der Waals surface area contributed by atoms with Gasteiger partial charge in [0.2, 0.25) is 5.91 Å². The molecule has 28 heavy (non-hydrogen) atoms. The third-order valence-electron chi connectivity index (χ3n) is 4.94. The lowest BCUT2D eigenvalue weighted by atomic mass is 10.1. The van der Waals surface area contributed by atoms with Crippen LogP contribution < -0.4 is 21.3 Å². The molecule has 2 atom stereocenters. The van der Waals surface area contributed by atoms with E-state index in [1.165, 1.54) is 13.0 Å². The molecule has 1 saturated heterocycles. The van der Waals surface area contributed by atoms with Crippen LogP contribution in [0.3, 0.4) is 0 Å². The van der Waals surface area contributed by atoms with Crippen LogP contribution in [0.5, 0.6) is 0 Å². The highest BCUT2D eigenvalue weighted by atomic mass is 19.1. The largest absolute Gasteiger partial charge is 0.396 e. The second kappa shape index (κ2) is 8.86. The Morgan fingerprint density at radius 1 is 1.39 bits per heavy atom. The summed E-state index contributed by atoms with van der Waals surface area (Å²) in [6, 6.07) is 6.95. The van der Waals surface area contributed by atoms with Crippen molar-refractivity contribution < 1.29 is 9.18 Å². The van der Waals surface area contributed by atoms with Crippen LogP contribution in [0.25, 0.3) is 0 Å². The molecular weight excluding hydrogens is 359 g/mol. The highest BCUT2D eigenvalue weighted by Crippen LogP contribution is 2.21.